The lowest BCUT2D eigenvalue weighted by atomic mass is 10.1. The van der Waals surface area contributed by atoms with Gasteiger partial charge in [-0.25, -0.2) is 0 Å². The van der Waals surface area contributed by atoms with Crippen LogP contribution in [0.2, 0.25) is 0 Å². The number of hydrogen-bond donors (Lipinski definition) is 5. The minimum Gasteiger partial charge on any atom is -0.384 e. The molecule has 0 aliphatic carbocycles. The van der Waals surface area contributed by atoms with Gasteiger partial charge in [-0.3, -0.25) is 10.8 Å². The highest BCUT2D eigenvalue weighted by atomic mass is 32.1. The third-order valence-electron chi connectivity index (χ3n) is 4.29. The van der Waals surface area contributed by atoms with Crippen LogP contribution in [-0.2, 0) is 0 Å². The summed E-state index contributed by atoms with van der Waals surface area (Å²) in [5, 5.41) is 16.1. The quantitative estimate of drug-likeness (QED) is 0.278. The van der Waals surface area contributed by atoms with E-state index in [9.17, 15) is 0 Å². The van der Waals surface area contributed by atoms with Crippen molar-refractivity contribution < 1.29 is 0 Å². The molecule has 0 bridgehead atoms. The summed E-state index contributed by atoms with van der Waals surface area (Å²) in [7, 11) is 0. The van der Waals surface area contributed by atoms with Crippen LogP contribution in [0.15, 0.2) is 60.7 Å². The second-order valence-electron chi connectivity index (χ2n) is 6.05. The van der Waals surface area contributed by atoms with Gasteiger partial charge in [0.15, 0.2) is 0 Å². The van der Waals surface area contributed by atoms with Gasteiger partial charge in [-0.15, -0.1) is 11.3 Å². The maximum absolute atomic E-state index is 7.57. The van der Waals surface area contributed by atoms with Gasteiger partial charge in [-0.1, -0.05) is 36.4 Å². The molecule has 128 valence electrons. The van der Waals surface area contributed by atoms with E-state index in [0.29, 0.717) is 5.56 Å². The van der Waals surface area contributed by atoms with E-state index in [1.54, 1.807) is 11.3 Å². The molecule has 0 unspecified atom stereocenters. The molecule has 5 nitrogen and oxygen atoms in total. The number of amidine groups is 2. The molecule has 0 radical (unpaired) electrons. The van der Waals surface area contributed by atoms with Crippen molar-refractivity contribution in [3.63, 3.8) is 0 Å². The van der Waals surface area contributed by atoms with E-state index in [1.807, 2.05) is 42.5 Å². The van der Waals surface area contributed by atoms with Crippen LogP contribution >= 0.6 is 11.3 Å². The van der Waals surface area contributed by atoms with Gasteiger partial charge in [-0.2, -0.15) is 0 Å². The fraction of sp³-hybridized carbons (Fsp3) is 0. The number of rotatable bonds is 4. The molecule has 2 aromatic heterocycles. The predicted molar refractivity (Wildman–Crippen MR) is 109 cm³/mol. The second-order valence-corrected chi connectivity index (χ2v) is 7.14. The van der Waals surface area contributed by atoms with Gasteiger partial charge in [0, 0.05) is 26.9 Å². The number of nitrogens with two attached hydrogens (primary N) is 2. The summed E-state index contributed by atoms with van der Waals surface area (Å²) < 4.78 is 0. The number of H-pyrrole nitrogens is 1. The van der Waals surface area contributed by atoms with E-state index >= 15 is 0 Å². The average molecular weight is 359 g/mol. The first kappa shape index (κ1) is 16.1. The largest absolute Gasteiger partial charge is 0.384 e. The van der Waals surface area contributed by atoms with E-state index < -0.39 is 0 Å². The second kappa shape index (κ2) is 6.16. The molecular weight excluding hydrogens is 342 g/mol. The zero-order valence-electron chi connectivity index (χ0n) is 13.8. The molecule has 0 spiro atoms. The van der Waals surface area contributed by atoms with Crippen LogP contribution in [0.4, 0.5) is 0 Å². The lowest BCUT2D eigenvalue weighted by Gasteiger charge is -2.00. The van der Waals surface area contributed by atoms with Crippen LogP contribution in [0, 0.1) is 10.8 Å². The van der Waals surface area contributed by atoms with Crippen molar-refractivity contribution in [1.29, 1.82) is 10.8 Å². The Labute approximate surface area is 154 Å². The van der Waals surface area contributed by atoms with E-state index in [-0.39, 0.29) is 11.7 Å². The number of benzene rings is 2. The van der Waals surface area contributed by atoms with Crippen molar-refractivity contribution >= 4 is 33.9 Å². The van der Waals surface area contributed by atoms with Gasteiger partial charge in [0.25, 0.3) is 0 Å². The molecule has 26 heavy (non-hydrogen) atoms. The van der Waals surface area contributed by atoms with Crippen LogP contribution in [0.1, 0.15) is 11.1 Å². The normalized spacial score (nSPS) is 10.9. The molecule has 7 N–H and O–H groups in total. The molecule has 0 saturated heterocycles. The molecule has 0 fully saturated rings. The zero-order valence-corrected chi connectivity index (χ0v) is 14.7. The monoisotopic (exact) mass is 359 g/mol. The average Bonchev–Trinajstić information content (AvgIpc) is 3.27. The van der Waals surface area contributed by atoms with Crippen LogP contribution in [-0.4, -0.2) is 16.7 Å². The van der Waals surface area contributed by atoms with Crippen LogP contribution < -0.4 is 11.5 Å². The van der Waals surface area contributed by atoms with Crippen molar-refractivity contribution in [1.82, 2.24) is 4.98 Å². The fourth-order valence-electron chi connectivity index (χ4n) is 2.88. The molecule has 0 atom stereocenters. The van der Waals surface area contributed by atoms with E-state index in [4.69, 9.17) is 22.3 Å². The Hall–Kier alpha value is -3.38. The van der Waals surface area contributed by atoms with Gasteiger partial charge in [0.05, 0.1) is 10.6 Å². The lowest BCUT2D eigenvalue weighted by molar-refractivity contribution is 1.42. The number of aromatic nitrogens is 1. The Bertz CT molecular complexity index is 1130. The zero-order chi connectivity index (χ0) is 18.3. The van der Waals surface area contributed by atoms with Crippen LogP contribution in [0.3, 0.4) is 0 Å². The van der Waals surface area contributed by atoms with E-state index in [1.165, 1.54) is 0 Å². The van der Waals surface area contributed by atoms with Gasteiger partial charge < -0.3 is 16.5 Å². The Kier molecular flexibility index (Phi) is 3.82. The van der Waals surface area contributed by atoms with Crippen molar-refractivity contribution in [2.24, 2.45) is 11.5 Å². The van der Waals surface area contributed by atoms with Crippen LogP contribution in [0.25, 0.3) is 31.9 Å². The van der Waals surface area contributed by atoms with Gasteiger partial charge in [0.2, 0.25) is 0 Å². The highest BCUT2D eigenvalue weighted by Gasteiger charge is 2.09. The molecule has 4 rings (SSSR count). The Morgan fingerprint density at radius 1 is 0.769 bits per heavy atom. The molecule has 0 aliphatic heterocycles. The summed E-state index contributed by atoms with van der Waals surface area (Å²) in [6.45, 7) is 0. The highest BCUT2D eigenvalue weighted by Crippen LogP contribution is 2.35. The van der Waals surface area contributed by atoms with Crippen molar-refractivity contribution in [3.05, 3.63) is 71.8 Å². The SMILES string of the molecule is N=C(N)c1ccc(-c2ccc(-c3cc4ccc(C(=N)N)cc4[nH]3)s2)cc1. The number of nitrogen functional groups attached to an aromatic ring is 2. The third kappa shape index (κ3) is 2.87. The summed E-state index contributed by atoms with van der Waals surface area (Å²) in [6, 6.07) is 19.7. The van der Waals surface area contributed by atoms with Gasteiger partial charge in [0.1, 0.15) is 11.7 Å². The number of thiophene rings is 1. The van der Waals surface area contributed by atoms with Crippen molar-refractivity contribution in [3.8, 4) is 21.0 Å². The Morgan fingerprint density at radius 2 is 1.42 bits per heavy atom. The smallest absolute Gasteiger partial charge is 0.122 e. The molecular formula is C20H17N5S. The third-order valence-corrected chi connectivity index (χ3v) is 5.45. The number of nitrogens with one attached hydrogen (secondary N) is 3. The first-order chi connectivity index (χ1) is 12.5. The number of aromatic amines is 1. The summed E-state index contributed by atoms with van der Waals surface area (Å²) in [5.41, 5.74) is 15.6. The molecule has 2 heterocycles. The minimum absolute atomic E-state index is 0.0652. The van der Waals surface area contributed by atoms with E-state index in [0.717, 1.165) is 37.5 Å². The molecule has 0 amide bonds. The van der Waals surface area contributed by atoms with Gasteiger partial charge in [-0.05, 0) is 29.8 Å². The molecule has 6 heteroatoms. The van der Waals surface area contributed by atoms with Crippen molar-refractivity contribution in [2.75, 3.05) is 0 Å². The topological polar surface area (TPSA) is 116 Å². The summed E-state index contributed by atoms with van der Waals surface area (Å²) in [5.74, 6) is 0.141. The maximum Gasteiger partial charge on any atom is 0.122 e. The van der Waals surface area contributed by atoms with E-state index in [2.05, 4.69) is 23.2 Å². The van der Waals surface area contributed by atoms with Gasteiger partial charge >= 0.3 is 0 Å². The first-order valence-corrected chi connectivity index (χ1v) is 8.85. The molecule has 0 saturated carbocycles. The molecule has 2 aromatic carbocycles. The summed E-state index contributed by atoms with van der Waals surface area (Å²) in [6.07, 6.45) is 0. The fourth-order valence-corrected chi connectivity index (χ4v) is 3.86. The molecule has 0 aliphatic rings. The number of fused-ring (bicyclic) bond motifs is 1. The standard InChI is InChI=1S/C20H17N5S/c21-19(22)12-3-1-11(2-4-12)17-7-8-18(26-17)16-9-13-5-6-14(20(23)24)10-15(13)25-16/h1-10,25H,(H3,21,22)(H3,23,24). The Balaban J connectivity index is 1.68. The lowest BCUT2D eigenvalue weighted by Crippen LogP contribution is -2.10. The summed E-state index contributed by atoms with van der Waals surface area (Å²) >= 11 is 1.70. The number of hydrogen-bond acceptors (Lipinski definition) is 3. The summed E-state index contributed by atoms with van der Waals surface area (Å²) in [4.78, 5) is 5.70. The van der Waals surface area contributed by atoms with Crippen molar-refractivity contribution in [2.45, 2.75) is 0 Å². The first-order valence-electron chi connectivity index (χ1n) is 8.03. The van der Waals surface area contributed by atoms with Crippen LogP contribution in [0.5, 0.6) is 0 Å². The Morgan fingerprint density at radius 3 is 2.12 bits per heavy atom. The highest BCUT2D eigenvalue weighted by molar-refractivity contribution is 7.18. The molecule has 4 aromatic rings. The predicted octanol–water partition coefficient (Wildman–Crippen LogP) is 4.13. The minimum atomic E-state index is 0.0652. The maximum atomic E-state index is 7.57.